The number of aromatic nitrogens is 4. The minimum Gasteiger partial charge on any atom is -0.457 e. The Morgan fingerprint density at radius 2 is 1.70 bits per heavy atom. The van der Waals surface area contributed by atoms with Crippen LogP contribution in [0.4, 0.5) is 0 Å². The van der Waals surface area contributed by atoms with Crippen LogP contribution in [-0.4, -0.2) is 38.6 Å². The van der Waals surface area contributed by atoms with E-state index in [-0.39, 0.29) is 31.9 Å². The summed E-state index contributed by atoms with van der Waals surface area (Å²) in [6, 6.07) is 18.7. The lowest BCUT2D eigenvalue weighted by atomic mass is 10.1. The molecule has 1 aromatic heterocycles. The smallest absolute Gasteiger partial charge is 0.308 e. The summed E-state index contributed by atoms with van der Waals surface area (Å²) in [5, 5.41) is 14.1. The van der Waals surface area contributed by atoms with Gasteiger partial charge in [0.05, 0.1) is 18.5 Å². The van der Waals surface area contributed by atoms with Gasteiger partial charge in [-0.15, -0.1) is 5.10 Å². The first kappa shape index (κ1) is 18.2. The van der Waals surface area contributed by atoms with Gasteiger partial charge < -0.3 is 10.1 Å². The molecule has 1 N–H and O–H groups in total. The Bertz CT molecular complexity index is 881. The molecule has 27 heavy (non-hydrogen) atoms. The summed E-state index contributed by atoms with van der Waals surface area (Å²) < 4.78 is 6.70. The fourth-order valence-corrected chi connectivity index (χ4v) is 2.43. The van der Waals surface area contributed by atoms with Crippen molar-refractivity contribution in [2.24, 2.45) is 0 Å². The minimum atomic E-state index is -0.433. The molecule has 1 heterocycles. The molecule has 0 aliphatic heterocycles. The third-order valence-electron chi connectivity index (χ3n) is 3.76. The largest absolute Gasteiger partial charge is 0.457 e. The van der Waals surface area contributed by atoms with Crippen LogP contribution in [-0.2, 0) is 27.4 Å². The molecule has 2 aromatic carbocycles. The van der Waals surface area contributed by atoms with Crippen molar-refractivity contribution < 1.29 is 14.3 Å². The number of hydrogen-bond donors (Lipinski definition) is 1. The molecule has 3 rings (SSSR count). The molecule has 0 spiro atoms. The zero-order valence-corrected chi connectivity index (χ0v) is 14.6. The molecule has 0 aliphatic rings. The second-order valence-electron chi connectivity index (χ2n) is 5.77. The van der Waals surface area contributed by atoms with Gasteiger partial charge in [0, 0.05) is 6.54 Å². The fraction of sp³-hybridized carbons (Fsp3) is 0.211. The molecule has 1 amide bonds. The second-order valence-corrected chi connectivity index (χ2v) is 5.77. The van der Waals surface area contributed by atoms with Crippen LogP contribution >= 0.6 is 0 Å². The van der Waals surface area contributed by atoms with Gasteiger partial charge in [-0.05, 0) is 28.1 Å². The first-order valence-electron chi connectivity index (χ1n) is 8.51. The van der Waals surface area contributed by atoms with Gasteiger partial charge in [0.2, 0.25) is 5.91 Å². The number of para-hydroxylation sites is 1. The Labute approximate surface area is 156 Å². The fourth-order valence-electron chi connectivity index (χ4n) is 2.43. The van der Waals surface area contributed by atoms with Crippen LogP contribution < -0.4 is 5.32 Å². The molecule has 0 fully saturated rings. The third-order valence-corrected chi connectivity index (χ3v) is 3.76. The average molecular weight is 365 g/mol. The summed E-state index contributed by atoms with van der Waals surface area (Å²) in [6.07, 6.45) is 0.356. The molecular formula is C19H19N5O3. The number of ether oxygens (including phenoxy) is 1. The summed E-state index contributed by atoms with van der Waals surface area (Å²) in [5.41, 5.74) is 1.70. The maximum atomic E-state index is 11.9. The van der Waals surface area contributed by atoms with Gasteiger partial charge in [0.15, 0.2) is 12.4 Å². The number of amides is 1. The zero-order valence-electron chi connectivity index (χ0n) is 14.6. The maximum Gasteiger partial charge on any atom is 0.308 e. The standard InChI is InChI=1S/C19H19N5O3/c25-18(13-15-7-3-1-4-8-15)20-12-11-19(26)27-14-17-21-22-23-24(17)16-9-5-2-6-10-16/h1-10H,11-14H2,(H,20,25). The lowest BCUT2D eigenvalue weighted by Crippen LogP contribution is -2.28. The molecule has 0 unspecified atom stereocenters. The van der Waals surface area contributed by atoms with Gasteiger partial charge in [-0.3, -0.25) is 9.59 Å². The van der Waals surface area contributed by atoms with Gasteiger partial charge in [0.1, 0.15) is 0 Å². The molecule has 0 aliphatic carbocycles. The second kappa shape index (κ2) is 9.23. The molecular weight excluding hydrogens is 346 g/mol. The van der Waals surface area contributed by atoms with Crippen LogP contribution in [0.1, 0.15) is 17.8 Å². The van der Waals surface area contributed by atoms with Gasteiger partial charge in [-0.2, -0.15) is 4.68 Å². The van der Waals surface area contributed by atoms with Gasteiger partial charge >= 0.3 is 5.97 Å². The van der Waals surface area contributed by atoms with Crippen LogP contribution in [0.2, 0.25) is 0 Å². The molecule has 8 nitrogen and oxygen atoms in total. The normalized spacial score (nSPS) is 10.4. The number of carbonyl (C=O) groups is 2. The summed E-state index contributed by atoms with van der Waals surface area (Å²) >= 11 is 0. The third kappa shape index (κ3) is 5.46. The maximum absolute atomic E-state index is 11.9. The van der Waals surface area contributed by atoms with Crippen LogP contribution in [0.5, 0.6) is 0 Å². The molecule has 8 heteroatoms. The number of benzene rings is 2. The lowest BCUT2D eigenvalue weighted by Gasteiger charge is -2.07. The Kier molecular flexibility index (Phi) is 6.24. The van der Waals surface area contributed by atoms with Gasteiger partial charge in [-0.25, -0.2) is 0 Å². The Morgan fingerprint density at radius 1 is 1.00 bits per heavy atom. The van der Waals surface area contributed by atoms with E-state index in [9.17, 15) is 9.59 Å². The van der Waals surface area contributed by atoms with E-state index in [1.807, 2.05) is 60.7 Å². The van der Waals surface area contributed by atoms with E-state index in [1.165, 1.54) is 4.68 Å². The Morgan fingerprint density at radius 3 is 2.44 bits per heavy atom. The topological polar surface area (TPSA) is 99.0 Å². The molecule has 0 atom stereocenters. The van der Waals surface area contributed by atoms with E-state index >= 15 is 0 Å². The molecule has 0 radical (unpaired) electrons. The summed E-state index contributed by atoms with van der Waals surface area (Å²) in [4.78, 5) is 23.7. The van der Waals surface area contributed by atoms with Crippen LogP contribution in [0.15, 0.2) is 60.7 Å². The average Bonchev–Trinajstić information content (AvgIpc) is 3.16. The zero-order chi connectivity index (χ0) is 18.9. The predicted molar refractivity (Wildman–Crippen MR) is 96.7 cm³/mol. The molecule has 3 aromatic rings. The monoisotopic (exact) mass is 365 g/mol. The van der Waals surface area contributed by atoms with E-state index in [0.29, 0.717) is 5.82 Å². The quantitative estimate of drug-likeness (QED) is 0.607. The van der Waals surface area contributed by atoms with E-state index in [2.05, 4.69) is 20.8 Å². The summed E-state index contributed by atoms with van der Waals surface area (Å²) in [6.45, 7) is 0.173. The van der Waals surface area contributed by atoms with Gasteiger partial charge in [-0.1, -0.05) is 48.5 Å². The number of tetrazole rings is 1. The minimum absolute atomic E-state index is 0.0430. The molecule has 0 saturated heterocycles. The van der Waals surface area contributed by atoms with Crippen molar-refractivity contribution in [3.8, 4) is 5.69 Å². The number of esters is 1. The van der Waals surface area contributed by atoms with E-state index < -0.39 is 5.97 Å². The Balaban J connectivity index is 1.41. The highest BCUT2D eigenvalue weighted by Gasteiger charge is 2.11. The lowest BCUT2D eigenvalue weighted by molar-refractivity contribution is -0.145. The Hall–Kier alpha value is -3.55. The number of carbonyl (C=O) groups excluding carboxylic acids is 2. The van der Waals surface area contributed by atoms with Crippen molar-refractivity contribution in [2.45, 2.75) is 19.4 Å². The summed E-state index contributed by atoms with van der Waals surface area (Å²) in [7, 11) is 0. The predicted octanol–water partition coefficient (Wildman–Crippen LogP) is 1.45. The van der Waals surface area contributed by atoms with E-state index in [4.69, 9.17) is 4.74 Å². The molecule has 138 valence electrons. The van der Waals surface area contributed by atoms with Gasteiger partial charge in [0.25, 0.3) is 0 Å². The highest BCUT2D eigenvalue weighted by molar-refractivity contribution is 5.79. The first-order chi connectivity index (χ1) is 13.2. The SMILES string of the molecule is O=C(Cc1ccccc1)NCCC(=O)OCc1nnnn1-c1ccccc1. The molecule has 0 bridgehead atoms. The van der Waals surface area contributed by atoms with Crippen molar-refractivity contribution in [2.75, 3.05) is 6.54 Å². The van der Waals surface area contributed by atoms with E-state index in [0.717, 1.165) is 11.3 Å². The number of nitrogens with one attached hydrogen (secondary N) is 1. The van der Waals surface area contributed by atoms with Crippen LogP contribution in [0.3, 0.4) is 0 Å². The van der Waals surface area contributed by atoms with Crippen LogP contribution in [0, 0.1) is 0 Å². The van der Waals surface area contributed by atoms with Crippen molar-refractivity contribution in [3.63, 3.8) is 0 Å². The van der Waals surface area contributed by atoms with Crippen molar-refractivity contribution in [3.05, 3.63) is 72.1 Å². The van der Waals surface area contributed by atoms with Crippen LogP contribution in [0.25, 0.3) is 5.69 Å². The van der Waals surface area contributed by atoms with E-state index in [1.54, 1.807) is 0 Å². The number of nitrogens with zero attached hydrogens (tertiary/aromatic N) is 4. The first-order valence-corrected chi connectivity index (χ1v) is 8.51. The van der Waals surface area contributed by atoms with Crippen molar-refractivity contribution in [1.29, 1.82) is 0 Å². The molecule has 0 saturated carbocycles. The highest BCUT2D eigenvalue weighted by atomic mass is 16.5. The van der Waals surface area contributed by atoms with Crippen molar-refractivity contribution >= 4 is 11.9 Å². The summed E-state index contributed by atoms with van der Waals surface area (Å²) in [5.74, 6) is -0.151. The van der Waals surface area contributed by atoms with Crippen molar-refractivity contribution in [1.82, 2.24) is 25.5 Å². The number of hydrogen-bond acceptors (Lipinski definition) is 6. The number of rotatable bonds is 8. The highest BCUT2D eigenvalue weighted by Crippen LogP contribution is 2.08.